The van der Waals surface area contributed by atoms with Gasteiger partial charge in [-0.1, -0.05) is 37.3 Å². The third-order valence-corrected chi connectivity index (χ3v) is 8.36. The predicted molar refractivity (Wildman–Crippen MR) is 114 cm³/mol. The monoisotopic (exact) mass is 437 g/mol. The van der Waals surface area contributed by atoms with Gasteiger partial charge >= 0.3 is 5.97 Å². The fraction of sp³-hybridized carbons (Fsp3) is 0.520. The van der Waals surface area contributed by atoms with Crippen LogP contribution in [-0.2, 0) is 28.5 Å². The minimum Gasteiger partial charge on any atom is -0.492 e. The molecule has 0 saturated carbocycles. The zero-order valence-electron chi connectivity index (χ0n) is 18.4. The first-order chi connectivity index (χ1) is 15.5. The number of carbonyl (C=O) groups is 2. The zero-order chi connectivity index (χ0) is 22.3. The Labute approximate surface area is 187 Å². The Hall–Kier alpha value is -2.64. The molecule has 5 bridgehead atoms. The van der Waals surface area contributed by atoms with E-state index in [0.717, 1.165) is 25.7 Å². The third kappa shape index (κ3) is 2.18. The van der Waals surface area contributed by atoms with E-state index in [0.29, 0.717) is 28.9 Å². The Morgan fingerprint density at radius 1 is 1.19 bits per heavy atom. The van der Waals surface area contributed by atoms with Gasteiger partial charge in [-0.3, -0.25) is 9.69 Å². The first-order valence-electron chi connectivity index (χ1n) is 11.3. The lowest BCUT2D eigenvalue weighted by Crippen LogP contribution is -2.60. The largest absolute Gasteiger partial charge is 0.492 e. The van der Waals surface area contributed by atoms with Crippen LogP contribution < -0.4 is 0 Å². The lowest BCUT2D eigenvalue weighted by Gasteiger charge is -2.47. The predicted octanol–water partition coefficient (Wildman–Crippen LogP) is 2.77. The van der Waals surface area contributed by atoms with Gasteiger partial charge in [-0.15, -0.1) is 0 Å². The molecule has 8 atom stereocenters. The van der Waals surface area contributed by atoms with Crippen LogP contribution in [0.4, 0.5) is 0 Å². The molecule has 5 fully saturated rings. The van der Waals surface area contributed by atoms with Crippen LogP contribution in [0.25, 0.3) is 0 Å². The van der Waals surface area contributed by atoms with E-state index in [9.17, 15) is 9.59 Å². The molecule has 0 radical (unpaired) electrons. The average molecular weight is 437 g/mol. The van der Waals surface area contributed by atoms with Crippen molar-refractivity contribution in [1.82, 2.24) is 4.90 Å². The number of ether oxygens (including phenoxy) is 4. The lowest BCUT2D eigenvalue weighted by molar-refractivity contribution is -0.255. The third-order valence-electron chi connectivity index (χ3n) is 8.36. The van der Waals surface area contributed by atoms with Gasteiger partial charge in [0.05, 0.1) is 36.2 Å². The van der Waals surface area contributed by atoms with Crippen molar-refractivity contribution in [3.05, 3.63) is 59.3 Å². The molecular formula is C25H27NO6. The normalized spacial score (nSPS) is 48.0. The minimum atomic E-state index is -0.699. The second-order valence-corrected chi connectivity index (χ2v) is 9.48. The summed E-state index contributed by atoms with van der Waals surface area (Å²) in [6.45, 7) is 4.90. The molecule has 1 unspecified atom stereocenters. The van der Waals surface area contributed by atoms with Crippen LogP contribution in [-0.4, -0.2) is 54.3 Å². The number of fused-ring (bicyclic) bond motifs is 1. The molecule has 0 aromatic carbocycles. The van der Waals surface area contributed by atoms with Crippen molar-refractivity contribution in [2.24, 2.45) is 17.8 Å². The Balaban J connectivity index is 1.39. The highest BCUT2D eigenvalue weighted by molar-refractivity contribution is 5.93. The summed E-state index contributed by atoms with van der Waals surface area (Å²) in [5.74, 6) is 0.899. The van der Waals surface area contributed by atoms with Gasteiger partial charge in [0.2, 0.25) is 11.5 Å². The first kappa shape index (κ1) is 20.0. The van der Waals surface area contributed by atoms with Crippen LogP contribution in [0, 0.1) is 17.8 Å². The standard InChI is InChI=1S/C25H27NO6/c1-14-19-16-13-18-24(10-7-5-4-6-8-12-27)17(9-11-26(16)24)25(19,31-18)32-21(14)22-20(29-3)15(2)23(28)30-22/h4-8,10,12,14,16-19H,9,11,13H2,1-3H3/b5-4+,8-6+,10-7+,22-21-/t14-,16-,17-,18+,19+,24-,25+/m0/s1. The molecule has 0 aliphatic carbocycles. The number of nitrogens with zero attached hydrogens (tertiary/aromatic N) is 1. The average Bonchev–Trinajstić information content (AvgIpc) is 3.49. The lowest BCUT2D eigenvalue weighted by atomic mass is 9.71. The summed E-state index contributed by atoms with van der Waals surface area (Å²) in [5, 5.41) is 0. The first-order valence-corrected chi connectivity index (χ1v) is 11.3. The molecule has 168 valence electrons. The van der Waals surface area contributed by atoms with Gasteiger partial charge in [0, 0.05) is 18.5 Å². The molecule has 1 spiro atoms. The van der Waals surface area contributed by atoms with E-state index in [2.05, 4.69) is 24.0 Å². The molecule has 0 aromatic heterocycles. The number of hydrogen-bond acceptors (Lipinski definition) is 7. The number of allylic oxidation sites excluding steroid dienone is 6. The SMILES string of the molecule is COC1=C(C)C(=O)O/C1=C1\O[C@@]23O[C@@H]4C[C@@H]([C@H]2[C@@H]1C)N1CC[C@H]3[C@@]41/C=C/C=C/C=C/C=O. The zero-order valence-corrected chi connectivity index (χ0v) is 18.4. The van der Waals surface area contributed by atoms with Crippen molar-refractivity contribution in [1.29, 1.82) is 0 Å². The van der Waals surface area contributed by atoms with Crippen molar-refractivity contribution in [2.45, 2.75) is 50.2 Å². The van der Waals surface area contributed by atoms with Crippen LogP contribution in [0.3, 0.4) is 0 Å². The van der Waals surface area contributed by atoms with Crippen LogP contribution in [0.1, 0.15) is 26.7 Å². The van der Waals surface area contributed by atoms with E-state index in [1.54, 1.807) is 20.1 Å². The number of methoxy groups -OCH3 is 1. The van der Waals surface area contributed by atoms with Crippen LogP contribution >= 0.6 is 0 Å². The minimum absolute atomic E-state index is 0.0522. The Kier molecular flexibility index (Phi) is 4.18. The van der Waals surface area contributed by atoms with E-state index in [4.69, 9.17) is 18.9 Å². The number of cyclic esters (lactones) is 1. The van der Waals surface area contributed by atoms with Gasteiger partial charge in [-0.2, -0.15) is 0 Å². The molecule has 5 saturated heterocycles. The van der Waals surface area contributed by atoms with Gasteiger partial charge in [-0.05, 0) is 25.8 Å². The summed E-state index contributed by atoms with van der Waals surface area (Å²) in [4.78, 5) is 25.3. The number of carbonyl (C=O) groups excluding carboxylic acids is 2. The number of rotatable bonds is 5. The molecule has 6 rings (SSSR count). The molecule has 32 heavy (non-hydrogen) atoms. The maximum atomic E-state index is 12.2. The molecule has 7 heteroatoms. The maximum Gasteiger partial charge on any atom is 0.343 e. The van der Waals surface area contributed by atoms with E-state index in [-0.39, 0.29) is 35.4 Å². The molecule has 0 amide bonds. The van der Waals surface area contributed by atoms with Crippen molar-refractivity contribution in [3.63, 3.8) is 0 Å². The fourth-order valence-corrected chi connectivity index (χ4v) is 7.36. The van der Waals surface area contributed by atoms with E-state index in [1.165, 1.54) is 6.08 Å². The van der Waals surface area contributed by atoms with Crippen LogP contribution in [0.5, 0.6) is 0 Å². The maximum absolute atomic E-state index is 12.2. The number of hydrogen-bond donors (Lipinski definition) is 0. The molecule has 6 aliphatic rings. The van der Waals surface area contributed by atoms with E-state index >= 15 is 0 Å². The summed E-state index contributed by atoms with van der Waals surface area (Å²) in [5.41, 5.74) is 0.287. The molecule has 6 heterocycles. The topological polar surface area (TPSA) is 74.3 Å². The van der Waals surface area contributed by atoms with Crippen LogP contribution in [0.15, 0.2) is 59.3 Å². The molecule has 7 nitrogen and oxygen atoms in total. The van der Waals surface area contributed by atoms with Crippen molar-refractivity contribution in [3.8, 4) is 0 Å². The van der Waals surface area contributed by atoms with Gasteiger partial charge in [0.15, 0.2) is 5.76 Å². The van der Waals surface area contributed by atoms with E-state index < -0.39 is 5.79 Å². The Bertz CT molecular complexity index is 1050. The van der Waals surface area contributed by atoms with Crippen molar-refractivity contribution < 1.29 is 28.5 Å². The summed E-state index contributed by atoms with van der Waals surface area (Å²) in [7, 11) is 1.55. The Morgan fingerprint density at radius 2 is 1.97 bits per heavy atom. The second-order valence-electron chi connectivity index (χ2n) is 9.48. The van der Waals surface area contributed by atoms with Crippen LogP contribution in [0.2, 0.25) is 0 Å². The summed E-state index contributed by atoms with van der Waals surface area (Å²) >= 11 is 0. The number of aldehydes is 1. The fourth-order valence-electron chi connectivity index (χ4n) is 7.36. The second kappa shape index (κ2) is 6.68. The molecule has 0 N–H and O–H groups in total. The molecular weight excluding hydrogens is 410 g/mol. The highest BCUT2D eigenvalue weighted by atomic mass is 16.7. The van der Waals surface area contributed by atoms with Gasteiger partial charge in [0.25, 0.3) is 0 Å². The summed E-state index contributed by atoms with van der Waals surface area (Å²) in [6.07, 6.45) is 14.1. The summed E-state index contributed by atoms with van der Waals surface area (Å²) < 4.78 is 24.6. The highest BCUT2D eigenvalue weighted by Crippen LogP contribution is 2.72. The van der Waals surface area contributed by atoms with Gasteiger partial charge < -0.3 is 18.9 Å². The van der Waals surface area contributed by atoms with Gasteiger partial charge in [-0.25, -0.2) is 4.79 Å². The molecule has 6 aliphatic heterocycles. The highest BCUT2D eigenvalue weighted by Gasteiger charge is 2.83. The smallest absolute Gasteiger partial charge is 0.343 e. The van der Waals surface area contributed by atoms with Crippen molar-refractivity contribution in [2.75, 3.05) is 13.7 Å². The molecule has 0 aromatic rings. The number of piperidine rings is 1. The number of esters is 1. The Morgan fingerprint density at radius 3 is 2.75 bits per heavy atom. The van der Waals surface area contributed by atoms with Crippen molar-refractivity contribution >= 4 is 12.3 Å². The van der Waals surface area contributed by atoms with E-state index in [1.807, 2.05) is 12.2 Å². The van der Waals surface area contributed by atoms with Gasteiger partial charge in [0.1, 0.15) is 12.0 Å². The summed E-state index contributed by atoms with van der Waals surface area (Å²) in [6, 6.07) is 0.359. The quantitative estimate of drug-likeness (QED) is 0.283.